The summed E-state index contributed by atoms with van der Waals surface area (Å²) in [4.78, 5) is 0. The van der Waals surface area contributed by atoms with Gasteiger partial charge in [-0.2, -0.15) is 5.10 Å². The van der Waals surface area contributed by atoms with Gasteiger partial charge in [0, 0.05) is 6.20 Å². The third-order valence-corrected chi connectivity index (χ3v) is 3.36. The second-order valence-electron chi connectivity index (χ2n) is 3.90. The maximum Gasteiger partial charge on any atom is 0.211 e. The van der Waals surface area contributed by atoms with Gasteiger partial charge in [0.15, 0.2) is 0 Å². The summed E-state index contributed by atoms with van der Waals surface area (Å²) in [5.74, 6) is 0.576. The second-order valence-corrected chi connectivity index (χ2v) is 5.83. The SMILES string of the molecule is CC(C)CCS(=O)(=O)NCc1ccn[nH]1. The zero-order valence-corrected chi connectivity index (χ0v) is 9.84. The summed E-state index contributed by atoms with van der Waals surface area (Å²) in [5, 5.41) is 6.43. The van der Waals surface area contributed by atoms with Gasteiger partial charge in [0.1, 0.15) is 0 Å². The van der Waals surface area contributed by atoms with E-state index in [2.05, 4.69) is 14.9 Å². The zero-order valence-electron chi connectivity index (χ0n) is 9.03. The Bertz CT molecular complexity index is 370. The summed E-state index contributed by atoms with van der Waals surface area (Å²) < 4.78 is 25.5. The molecule has 1 aromatic heterocycles. The van der Waals surface area contributed by atoms with E-state index >= 15 is 0 Å². The van der Waals surface area contributed by atoms with Crippen LogP contribution in [0.1, 0.15) is 26.0 Å². The topological polar surface area (TPSA) is 74.8 Å². The van der Waals surface area contributed by atoms with E-state index in [0.29, 0.717) is 12.3 Å². The van der Waals surface area contributed by atoms with Crippen LogP contribution in [-0.4, -0.2) is 24.4 Å². The van der Waals surface area contributed by atoms with Crippen molar-refractivity contribution < 1.29 is 8.42 Å². The van der Waals surface area contributed by atoms with Crippen molar-refractivity contribution in [2.45, 2.75) is 26.8 Å². The number of hydrogen-bond donors (Lipinski definition) is 2. The average molecular weight is 231 g/mol. The Morgan fingerprint density at radius 3 is 2.80 bits per heavy atom. The lowest BCUT2D eigenvalue weighted by atomic mass is 10.2. The van der Waals surface area contributed by atoms with Crippen molar-refractivity contribution in [3.63, 3.8) is 0 Å². The predicted molar refractivity (Wildman–Crippen MR) is 58.7 cm³/mol. The number of H-pyrrole nitrogens is 1. The Morgan fingerprint density at radius 1 is 1.53 bits per heavy atom. The predicted octanol–water partition coefficient (Wildman–Crippen LogP) is 0.875. The average Bonchev–Trinajstić information content (AvgIpc) is 2.65. The summed E-state index contributed by atoms with van der Waals surface area (Å²) in [6, 6.07) is 1.74. The zero-order chi connectivity index (χ0) is 11.3. The lowest BCUT2D eigenvalue weighted by Gasteiger charge is -2.07. The first kappa shape index (κ1) is 12.2. The molecule has 0 radical (unpaired) electrons. The molecule has 15 heavy (non-hydrogen) atoms. The molecule has 86 valence electrons. The molecule has 0 aliphatic carbocycles. The first-order valence-electron chi connectivity index (χ1n) is 4.95. The van der Waals surface area contributed by atoms with E-state index in [-0.39, 0.29) is 12.3 Å². The van der Waals surface area contributed by atoms with Gasteiger partial charge in [-0.15, -0.1) is 0 Å². The molecule has 0 aromatic carbocycles. The normalized spacial score (nSPS) is 12.2. The number of aromatic nitrogens is 2. The highest BCUT2D eigenvalue weighted by Crippen LogP contribution is 2.02. The molecule has 0 saturated heterocycles. The lowest BCUT2D eigenvalue weighted by molar-refractivity contribution is 0.561. The van der Waals surface area contributed by atoms with Gasteiger partial charge in [-0.25, -0.2) is 13.1 Å². The molecule has 0 spiro atoms. The quantitative estimate of drug-likeness (QED) is 0.763. The fourth-order valence-electron chi connectivity index (χ4n) is 1.03. The fourth-order valence-corrected chi connectivity index (χ4v) is 2.34. The molecular formula is C9H17N3O2S. The number of rotatable bonds is 6. The van der Waals surface area contributed by atoms with Gasteiger partial charge in [0.05, 0.1) is 18.0 Å². The minimum Gasteiger partial charge on any atom is -0.281 e. The standard InChI is InChI=1S/C9H17N3O2S/c1-8(2)4-6-15(13,14)11-7-9-3-5-10-12-9/h3,5,8,11H,4,6-7H2,1-2H3,(H,10,12). The van der Waals surface area contributed by atoms with E-state index < -0.39 is 10.0 Å². The van der Waals surface area contributed by atoms with Gasteiger partial charge in [-0.05, 0) is 18.4 Å². The van der Waals surface area contributed by atoms with Crippen molar-refractivity contribution in [3.05, 3.63) is 18.0 Å². The molecule has 0 fully saturated rings. The number of aromatic amines is 1. The highest BCUT2D eigenvalue weighted by atomic mass is 32.2. The van der Waals surface area contributed by atoms with Gasteiger partial charge >= 0.3 is 0 Å². The van der Waals surface area contributed by atoms with E-state index in [0.717, 1.165) is 5.69 Å². The van der Waals surface area contributed by atoms with Crippen molar-refractivity contribution in [3.8, 4) is 0 Å². The van der Waals surface area contributed by atoms with Crippen LogP contribution in [-0.2, 0) is 16.6 Å². The summed E-state index contributed by atoms with van der Waals surface area (Å²) in [7, 11) is -3.15. The van der Waals surface area contributed by atoms with Crippen molar-refractivity contribution in [2.75, 3.05) is 5.75 Å². The summed E-state index contributed by atoms with van der Waals surface area (Å²) in [6.45, 7) is 4.29. The maximum absolute atomic E-state index is 11.5. The van der Waals surface area contributed by atoms with Crippen LogP contribution >= 0.6 is 0 Å². The molecule has 0 aliphatic rings. The van der Waals surface area contributed by atoms with E-state index in [9.17, 15) is 8.42 Å². The molecule has 1 rings (SSSR count). The van der Waals surface area contributed by atoms with E-state index in [4.69, 9.17) is 0 Å². The van der Waals surface area contributed by atoms with Crippen LogP contribution in [0.4, 0.5) is 0 Å². The highest BCUT2D eigenvalue weighted by molar-refractivity contribution is 7.89. The Balaban J connectivity index is 2.37. The summed E-state index contributed by atoms with van der Waals surface area (Å²) in [6.07, 6.45) is 2.27. The smallest absolute Gasteiger partial charge is 0.211 e. The molecule has 1 aromatic rings. The first-order valence-corrected chi connectivity index (χ1v) is 6.60. The molecule has 0 saturated carbocycles. The second kappa shape index (κ2) is 5.27. The molecule has 5 nitrogen and oxygen atoms in total. The minimum atomic E-state index is -3.15. The molecule has 6 heteroatoms. The van der Waals surface area contributed by atoms with Gasteiger partial charge in [-0.1, -0.05) is 13.8 Å². The van der Waals surface area contributed by atoms with Crippen LogP contribution in [0, 0.1) is 5.92 Å². The van der Waals surface area contributed by atoms with Crippen LogP contribution < -0.4 is 4.72 Å². The van der Waals surface area contributed by atoms with Crippen LogP contribution in [0.5, 0.6) is 0 Å². The van der Waals surface area contributed by atoms with Crippen molar-refractivity contribution >= 4 is 10.0 Å². The highest BCUT2D eigenvalue weighted by Gasteiger charge is 2.10. The molecule has 0 bridgehead atoms. The van der Waals surface area contributed by atoms with Gasteiger partial charge in [0.2, 0.25) is 10.0 Å². The molecule has 0 amide bonds. The van der Waals surface area contributed by atoms with Crippen molar-refractivity contribution in [2.24, 2.45) is 5.92 Å². The minimum absolute atomic E-state index is 0.179. The summed E-state index contributed by atoms with van der Waals surface area (Å²) >= 11 is 0. The Hall–Kier alpha value is -0.880. The first-order chi connectivity index (χ1) is 6.99. The molecular weight excluding hydrogens is 214 g/mol. The number of sulfonamides is 1. The van der Waals surface area contributed by atoms with Crippen LogP contribution in [0.3, 0.4) is 0 Å². The largest absolute Gasteiger partial charge is 0.281 e. The van der Waals surface area contributed by atoms with Crippen LogP contribution in [0.25, 0.3) is 0 Å². The number of nitrogens with one attached hydrogen (secondary N) is 2. The third kappa shape index (κ3) is 4.94. The molecule has 0 aliphatic heterocycles. The summed E-state index contributed by atoms with van der Waals surface area (Å²) in [5.41, 5.74) is 0.767. The van der Waals surface area contributed by atoms with Crippen molar-refractivity contribution in [1.29, 1.82) is 0 Å². The van der Waals surface area contributed by atoms with E-state index in [1.165, 1.54) is 0 Å². The van der Waals surface area contributed by atoms with E-state index in [1.54, 1.807) is 12.3 Å². The van der Waals surface area contributed by atoms with Crippen LogP contribution in [0.15, 0.2) is 12.3 Å². The molecule has 2 N–H and O–H groups in total. The Morgan fingerprint density at radius 2 is 2.27 bits per heavy atom. The Labute approximate surface area is 90.3 Å². The molecule has 0 unspecified atom stereocenters. The number of hydrogen-bond acceptors (Lipinski definition) is 3. The lowest BCUT2D eigenvalue weighted by Crippen LogP contribution is -2.26. The van der Waals surface area contributed by atoms with Gasteiger partial charge in [-0.3, -0.25) is 5.10 Å². The molecule has 0 atom stereocenters. The van der Waals surface area contributed by atoms with Gasteiger partial charge < -0.3 is 0 Å². The third-order valence-electron chi connectivity index (χ3n) is 2.00. The Kier molecular flexibility index (Phi) is 4.28. The fraction of sp³-hybridized carbons (Fsp3) is 0.667. The van der Waals surface area contributed by atoms with E-state index in [1.807, 2.05) is 13.8 Å². The molecule has 1 heterocycles. The maximum atomic E-state index is 11.5. The number of nitrogens with zero attached hydrogens (tertiary/aromatic N) is 1. The van der Waals surface area contributed by atoms with Crippen molar-refractivity contribution in [1.82, 2.24) is 14.9 Å². The van der Waals surface area contributed by atoms with Crippen LogP contribution in [0.2, 0.25) is 0 Å². The van der Waals surface area contributed by atoms with Gasteiger partial charge in [0.25, 0.3) is 0 Å². The monoisotopic (exact) mass is 231 g/mol.